The van der Waals surface area contributed by atoms with Crippen LogP contribution in [0.1, 0.15) is 6.17 Å². The van der Waals surface area contributed by atoms with Crippen molar-refractivity contribution in [1.82, 2.24) is 25.5 Å². The second-order valence-corrected chi connectivity index (χ2v) is 2.30. The highest BCUT2D eigenvalue weighted by molar-refractivity contribution is 4.62. The van der Waals surface area contributed by atoms with Crippen molar-refractivity contribution in [3.8, 4) is 0 Å². The molecule has 6 heteroatoms. The Balaban J connectivity index is 2.04. The van der Waals surface area contributed by atoms with Gasteiger partial charge in [0.1, 0.15) is 6.17 Å². The van der Waals surface area contributed by atoms with Gasteiger partial charge in [-0.2, -0.15) is 0 Å². The Kier molecular flexibility index (Phi) is 1.78. The van der Waals surface area contributed by atoms with Gasteiger partial charge in [0.15, 0.2) is 6.33 Å². The molecule has 1 fully saturated rings. The Labute approximate surface area is 63.5 Å². The van der Waals surface area contributed by atoms with E-state index in [0.29, 0.717) is 6.61 Å². The number of ether oxygens (including phenoxy) is 1. The van der Waals surface area contributed by atoms with Crippen LogP contribution in [-0.2, 0) is 4.74 Å². The normalized spacial score (nSPS) is 25.3. The van der Waals surface area contributed by atoms with E-state index in [1.807, 2.05) is 0 Å². The highest BCUT2D eigenvalue weighted by atomic mass is 16.5. The number of nitrogens with zero attached hydrogens (tertiary/aromatic N) is 4. The fourth-order valence-corrected chi connectivity index (χ4v) is 1.02. The predicted octanol–water partition coefficient (Wildman–Crippen LogP) is -1.21. The fraction of sp³-hybridized carbons (Fsp3) is 0.800. The molecule has 0 aliphatic carbocycles. The maximum Gasteiger partial charge on any atom is 0.162 e. The molecule has 1 aliphatic heterocycles. The van der Waals surface area contributed by atoms with Crippen molar-refractivity contribution in [2.24, 2.45) is 0 Å². The van der Waals surface area contributed by atoms with Gasteiger partial charge in [0, 0.05) is 6.54 Å². The first-order valence-corrected chi connectivity index (χ1v) is 3.50. The highest BCUT2D eigenvalue weighted by Gasteiger charge is 2.15. The van der Waals surface area contributed by atoms with Gasteiger partial charge in [0.25, 0.3) is 0 Å². The molecule has 1 aromatic heterocycles. The van der Waals surface area contributed by atoms with Crippen molar-refractivity contribution in [1.29, 1.82) is 0 Å². The smallest absolute Gasteiger partial charge is 0.162 e. The van der Waals surface area contributed by atoms with Crippen LogP contribution in [0.5, 0.6) is 0 Å². The van der Waals surface area contributed by atoms with Crippen molar-refractivity contribution in [3.63, 3.8) is 0 Å². The van der Waals surface area contributed by atoms with Crippen LogP contribution in [0.15, 0.2) is 6.33 Å². The van der Waals surface area contributed by atoms with E-state index in [2.05, 4.69) is 20.7 Å². The molecule has 0 bridgehead atoms. The van der Waals surface area contributed by atoms with Crippen molar-refractivity contribution >= 4 is 0 Å². The molecular formula is C5H9N5O. The topological polar surface area (TPSA) is 64.9 Å². The summed E-state index contributed by atoms with van der Waals surface area (Å²) in [4.78, 5) is 1.51. The van der Waals surface area contributed by atoms with E-state index in [-0.39, 0.29) is 6.17 Å². The van der Waals surface area contributed by atoms with Crippen LogP contribution in [-0.4, -0.2) is 40.0 Å². The predicted molar refractivity (Wildman–Crippen MR) is 35.7 cm³/mol. The van der Waals surface area contributed by atoms with Crippen molar-refractivity contribution in [2.75, 3.05) is 19.8 Å². The quantitative estimate of drug-likeness (QED) is 0.551. The molecule has 60 valence electrons. The summed E-state index contributed by atoms with van der Waals surface area (Å²) >= 11 is 0. The number of tetrazole rings is 1. The van der Waals surface area contributed by atoms with Gasteiger partial charge in [-0.1, -0.05) is 0 Å². The first-order chi connectivity index (χ1) is 5.47. The lowest BCUT2D eigenvalue weighted by Gasteiger charge is -2.21. The van der Waals surface area contributed by atoms with Crippen LogP contribution in [0.3, 0.4) is 0 Å². The lowest BCUT2D eigenvalue weighted by atomic mass is 10.4. The second kappa shape index (κ2) is 2.93. The average Bonchev–Trinajstić information content (AvgIpc) is 2.58. The van der Waals surface area contributed by atoms with Gasteiger partial charge in [0.05, 0.1) is 13.2 Å². The molecule has 1 atom stereocenters. The van der Waals surface area contributed by atoms with E-state index in [9.17, 15) is 0 Å². The summed E-state index contributed by atoms with van der Waals surface area (Å²) in [6.07, 6.45) is 1.46. The molecule has 1 aliphatic rings. The summed E-state index contributed by atoms with van der Waals surface area (Å²) < 4.78 is 5.21. The monoisotopic (exact) mass is 155 g/mol. The largest absolute Gasteiger partial charge is 0.376 e. The summed E-state index contributed by atoms with van der Waals surface area (Å²) in [5.41, 5.74) is 0. The molecule has 1 saturated heterocycles. The third kappa shape index (κ3) is 1.36. The van der Waals surface area contributed by atoms with E-state index < -0.39 is 0 Å². The molecule has 1 N–H and O–H groups in total. The minimum atomic E-state index is 0.0475. The molecule has 1 aromatic rings. The lowest BCUT2D eigenvalue weighted by Crippen LogP contribution is -2.39. The summed E-state index contributed by atoms with van der Waals surface area (Å²) in [5, 5.41) is 14.4. The van der Waals surface area contributed by atoms with Crippen LogP contribution >= 0.6 is 0 Å². The Morgan fingerprint density at radius 2 is 2.64 bits per heavy atom. The van der Waals surface area contributed by atoms with Gasteiger partial charge >= 0.3 is 0 Å². The fourth-order valence-electron chi connectivity index (χ4n) is 1.02. The number of hydrogen-bond acceptors (Lipinski definition) is 5. The molecule has 0 saturated carbocycles. The average molecular weight is 155 g/mol. The lowest BCUT2D eigenvalue weighted by molar-refractivity contribution is 0.0422. The number of hydrogen-bond donors (Lipinski definition) is 1. The Hall–Kier alpha value is -1.01. The van der Waals surface area contributed by atoms with Gasteiger partial charge in [-0.25, -0.2) is 0 Å². The van der Waals surface area contributed by atoms with E-state index >= 15 is 0 Å². The molecule has 11 heavy (non-hydrogen) atoms. The van der Waals surface area contributed by atoms with E-state index in [1.54, 1.807) is 0 Å². The third-order valence-corrected chi connectivity index (χ3v) is 1.55. The van der Waals surface area contributed by atoms with Gasteiger partial charge in [-0.3, -0.25) is 5.32 Å². The molecule has 1 unspecified atom stereocenters. The van der Waals surface area contributed by atoms with Gasteiger partial charge in [0.2, 0.25) is 0 Å². The molecule has 2 rings (SSSR count). The van der Waals surface area contributed by atoms with Crippen LogP contribution < -0.4 is 5.32 Å². The van der Waals surface area contributed by atoms with Gasteiger partial charge < -0.3 is 4.74 Å². The van der Waals surface area contributed by atoms with Crippen LogP contribution in [0.2, 0.25) is 0 Å². The van der Waals surface area contributed by atoms with Gasteiger partial charge in [-0.15, -0.1) is 15.0 Å². The minimum Gasteiger partial charge on any atom is -0.376 e. The van der Waals surface area contributed by atoms with Crippen LogP contribution in [0.4, 0.5) is 0 Å². The van der Waals surface area contributed by atoms with Gasteiger partial charge in [-0.05, 0) is 5.21 Å². The molecule has 0 aromatic carbocycles. The molecular weight excluding hydrogens is 146 g/mol. The molecule has 6 nitrogen and oxygen atoms in total. The zero-order valence-corrected chi connectivity index (χ0v) is 5.97. The molecule has 0 amide bonds. The zero-order chi connectivity index (χ0) is 7.52. The molecule has 0 spiro atoms. The van der Waals surface area contributed by atoms with Crippen molar-refractivity contribution < 1.29 is 4.74 Å². The zero-order valence-electron chi connectivity index (χ0n) is 5.97. The Morgan fingerprint density at radius 3 is 3.27 bits per heavy atom. The van der Waals surface area contributed by atoms with Crippen LogP contribution in [0.25, 0.3) is 0 Å². The van der Waals surface area contributed by atoms with E-state index in [0.717, 1.165) is 13.2 Å². The standard InChI is InChI=1S/C5H9N5O/c1-2-11-3-5(6-1)10-8-4-7-9-10/h4-6H,1-3H2. The van der Waals surface area contributed by atoms with E-state index in [4.69, 9.17) is 4.74 Å². The number of nitrogens with one attached hydrogen (secondary N) is 1. The summed E-state index contributed by atoms with van der Waals surface area (Å²) in [7, 11) is 0. The Bertz CT molecular complexity index is 205. The summed E-state index contributed by atoms with van der Waals surface area (Å²) in [6.45, 7) is 2.20. The molecule has 0 radical (unpaired) electrons. The number of aromatic nitrogens is 4. The maximum atomic E-state index is 5.21. The van der Waals surface area contributed by atoms with Crippen molar-refractivity contribution in [2.45, 2.75) is 6.17 Å². The second-order valence-electron chi connectivity index (χ2n) is 2.30. The SMILES string of the molecule is c1nnn(C2COCCN2)n1. The van der Waals surface area contributed by atoms with Crippen molar-refractivity contribution in [3.05, 3.63) is 6.33 Å². The minimum absolute atomic E-state index is 0.0475. The first kappa shape index (κ1) is 6.68. The highest BCUT2D eigenvalue weighted by Crippen LogP contribution is 2.01. The third-order valence-electron chi connectivity index (χ3n) is 1.55. The maximum absolute atomic E-state index is 5.21. The number of morpholine rings is 1. The Morgan fingerprint density at radius 1 is 1.64 bits per heavy atom. The number of rotatable bonds is 1. The van der Waals surface area contributed by atoms with E-state index in [1.165, 1.54) is 11.1 Å². The molecule has 2 heterocycles. The summed E-state index contributed by atoms with van der Waals surface area (Å²) in [6, 6.07) is 0. The summed E-state index contributed by atoms with van der Waals surface area (Å²) in [5.74, 6) is 0. The first-order valence-electron chi connectivity index (χ1n) is 3.50. The van der Waals surface area contributed by atoms with Crippen LogP contribution in [0, 0.1) is 0 Å².